The highest BCUT2D eigenvalue weighted by Gasteiger charge is 2.39. The molecule has 2 heteroatoms. The van der Waals surface area contributed by atoms with Crippen molar-refractivity contribution in [3.05, 3.63) is 35.4 Å². The summed E-state index contributed by atoms with van der Waals surface area (Å²) in [7, 11) is 0. The summed E-state index contributed by atoms with van der Waals surface area (Å²) in [5.41, 5.74) is 1.79. The van der Waals surface area contributed by atoms with Gasteiger partial charge in [0, 0.05) is 5.56 Å². The van der Waals surface area contributed by atoms with E-state index in [2.05, 4.69) is 51.7 Å². The summed E-state index contributed by atoms with van der Waals surface area (Å²) in [6, 6.07) is 8.22. The number of rotatable bonds is 9. The van der Waals surface area contributed by atoms with Gasteiger partial charge in [0.25, 0.3) is 0 Å². The Labute approximate surface area is 130 Å². The molecule has 0 aromatic heterocycles. The number of hydrogen-bond acceptors (Lipinski definition) is 2. The van der Waals surface area contributed by atoms with Gasteiger partial charge in [-0.25, -0.2) is 0 Å². The van der Waals surface area contributed by atoms with E-state index in [-0.39, 0.29) is 11.3 Å². The molecule has 0 spiro atoms. The van der Waals surface area contributed by atoms with E-state index in [0.29, 0.717) is 0 Å². The fraction of sp³-hybridized carbons (Fsp3) is 0.632. The Morgan fingerprint density at radius 2 is 1.67 bits per heavy atom. The van der Waals surface area contributed by atoms with Crippen molar-refractivity contribution in [2.75, 3.05) is 13.1 Å². The Balaban J connectivity index is 3.19. The lowest BCUT2D eigenvalue weighted by molar-refractivity contribution is 0.0535. The van der Waals surface area contributed by atoms with Crippen LogP contribution in [0.15, 0.2) is 24.3 Å². The first-order valence-corrected chi connectivity index (χ1v) is 8.48. The molecule has 0 saturated carbocycles. The molecular formula is C19H31NO. The molecule has 0 radical (unpaired) electrons. The Morgan fingerprint density at radius 3 is 2.14 bits per heavy atom. The highest BCUT2D eigenvalue weighted by molar-refractivity contribution is 6.03. The third-order valence-electron chi connectivity index (χ3n) is 4.69. The molecule has 0 saturated heterocycles. The largest absolute Gasteiger partial charge is 0.292 e. The number of hydrogen-bond donors (Lipinski definition) is 0. The van der Waals surface area contributed by atoms with Gasteiger partial charge in [0.05, 0.1) is 5.54 Å². The number of aryl methyl sites for hydroxylation is 1. The second-order valence-corrected chi connectivity index (χ2v) is 5.69. The van der Waals surface area contributed by atoms with Crippen LogP contribution in [0.5, 0.6) is 0 Å². The van der Waals surface area contributed by atoms with Crippen LogP contribution >= 0.6 is 0 Å². The number of carbonyl (C=O) groups is 1. The standard InChI is InChI=1S/C19H31NO/c1-6-12-16-13-11-14-17(15-16)18(21)19(7-2,8-3)20(9-4)10-5/h11,13-15H,6-10,12H2,1-5H3. The van der Waals surface area contributed by atoms with Crippen molar-refractivity contribution in [2.24, 2.45) is 0 Å². The van der Waals surface area contributed by atoms with Crippen LogP contribution in [0.25, 0.3) is 0 Å². The molecule has 1 aromatic rings. The van der Waals surface area contributed by atoms with Crippen LogP contribution in [0.1, 0.15) is 69.8 Å². The van der Waals surface area contributed by atoms with Crippen molar-refractivity contribution in [1.82, 2.24) is 4.90 Å². The lowest BCUT2D eigenvalue weighted by Crippen LogP contribution is -2.53. The molecule has 21 heavy (non-hydrogen) atoms. The van der Waals surface area contributed by atoms with E-state index in [1.807, 2.05) is 12.1 Å². The molecule has 0 N–H and O–H groups in total. The average Bonchev–Trinajstić information content (AvgIpc) is 2.52. The lowest BCUT2D eigenvalue weighted by Gasteiger charge is -2.41. The topological polar surface area (TPSA) is 20.3 Å². The SMILES string of the molecule is CCCc1cccc(C(=O)C(CC)(CC)N(CC)CC)c1. The van der Waals surface area contributed by atoms with Gasteiger partial charge in [0.1, 0.15) is 0 Å². The summed E-state index contributed by atoms with van der Waals surface area (Å²) in [5, 5.41) is 0. The van der Waals surface area contributed by atoms with E-state index in [0.717, 1.165) is 44.3 Å². The van der Waals surface area contributed by atoms with E-state index in [1.54, 1.807) is 0 Å². The second-order valence-electron chi connectivity index (χ2n) is 5.69. The molecule has 2 nitrogen and oxygen atoms in total. The summed E-state index contributed by atoms with van der Waals surface area (Å²) in [6.07, 6.45) is 3.88. The highest BCUT2D eigenvalue weighted by atomic mass is 16.1. The van der Waals surface area contributed by atoms with Crippen LogP contribution in [0.4, 0.5) is 0 Å². The maximum absolute atomic E-state index is 13.2. The van der Waals surface area contributed by atoms with Gasteiger partial charge in [-0.05, 0) is 44.0 Å². The normalized spacial score (nSPS) is 11.9. The Morgan fingerprint density at radius 1 is 1.05 bits per heavy atom. The van der Waals surface area contributed by atoms with E-state index >= 15 is 0 Å². The van der Waals surface area contributed by atoms with E-state index in [9.17, 15) is 4.79 Å². The number of benzene rings is 1. The molecule has 0 heterocycles. The Bertz CT molecular complexity index is 445. The quantitative estimate of drug-likeness (QED) is 0.613. The van der Waals surface area contributed by atoms with Gasteiger partial charge < -0.3 is 0 Å². The fourth-order valence-corrected chi connectivity index (χ4v) is 3.42. The molecule has 0 aliphatic carbocycles. The first kappa shape index (κ1) is 17.9. The van der Waals surface area contributed by atoms with Crippen LogP contribution in [0.2, 0.25) is 0 Å². The second kappa shape index (κ2) is 8.33. The third kappa shape index (κ3) is 3.74. The molecule has 1 aromatic carbocycles. The van der Waals surface area contributed by atoms with E-state index in [4.69, 9.17) is 0 Å². The number of likely N-dealkylation sites (N-methyl/N-ethyl adjacent to an activating group) is 1. The highest BCUT2D eigenvalue weighted by Crippen LogP contribution is 2.29. The average molecular weight is 289 g/mol. The van der Waals surface area contributed by atoms with Crippen molar-refractivity contribution in [3.63, 3.8) is 0 Å². The third-order valence-corrected chi connectivity index (χ3v) is 4.69. The summed E-state index contributed by atoms with van der Waals surface area (Å²) in [5.74, 6) is 0.286. The Hall–Kier alpha value is -1.15. The Kier molecular flexibility index (Phi) is 7.10. The van der Waals surface area contributed by atoms with Crippen molar-refractivity contribution < 1.29 is 4.79 Å². The number of nitrogens with zero attached hydrogens (tertiary/aromatic N) is 1. The molecule has 0 fully saturated rings. The first-order chi connectivity index (χ1) is 10.1. The van der Waals surface area contributed by atoms with Gasteiger partial charge in [-0.2, -0.15) is 0 Å². The van der Waals surface area contributed by atoms with Crippen molar-refractivity contribution in [1.29, 1.82) is 0 Å². The van der Waals surface area contributed by atoms with Gasteiger partial charge in [0.2, 0.25) is 0 Å². The minimum atomic E-state index is -0.353. The van der Waals surface area contributed by atoms with Crippen molar-refractivity contribution >= 4 is 5.78 Å². The molecule has 0 bridgehead atoms. The van der Waals surface area contributed by atoms with Gasteiger partial charge in [0.15, 0.2) is 5.78 Å². The van der Waals surface area contributed by atoms with E-state index in [1.165, 1.54) is 5.56 Å². The summed E-state index contributed by atoms with van der Waals surface area (Å²) >= 11 is 0. The van der Waals surface area contributed by atoms with Crippen molar-refractivity contribution in [3.8, 4) is 0 Å². The summed E-state index contributed by atoms with van der Waals surface area (Å²) < 4.78 is 0. The van der Waals surface area contributed by atoms with Crippen LogP contribution in [0.3, 0.4) is 0 Å². The van der Waals surface area contributed by atoms with Gasteiger partial charge in [-0.1, -0.05) is 59.2 Å². The minimum absolute atomic E-state index is 0.286. The van der Waals surface area contributed by atoms with Gasteiger partial charge in [-0.3, -0.25) is 9.69 Å². The zero-order valence-corrected chi connectivity index (χ0v) is 14.4. The van der Waals surface area contributed by atoms with Crippen LogP contribution in [-0.4, -0.2) is 29.3 Å². The molecule has 0 aliphatic rings. The molecule has 0 unspecified atom stereocenters. The monoisotopic (exact) mass is 289 g/mol. The predicted octanol–water partition coefficient (Wildman–Crippen LogP) is 4.72. The van der Waals surface area contributed by atoms with E-state index < -0.39 is 0 Å². The zero-order valence-electron chi connectivity index (χ0n) is 14.4. The maximum atomic E-state index is 13.2. The number of Topliss-reactive ketones (excluding diaryl/α,β-unsaturated/α-hetero) is 1. The smallest absolute Gasteiger partial charge is 0.183 e. The molecular weight excluding hydrogens is 258 g/mol. The first-order valence-electron chi connectivity index (χ1n) is 8.48. The zero-order chi connectivity index (χ0) is 15.9. The summed E-state index contributed by atoms with van der Waals surface area (Å²) in [6.45, 7) is 12.6. The van der Waals surface area contributed by atoms with Crippen LogP contribution in [0, 0.1) is 0 Å². The van der Waals surface area contributed by atoms with Gasteiger partial charge >= 0.3 is 0 Å². The lowest BCUT2D eigenvalue weighted by atomic mass is 9.82. The van der Waals surface area contributed by atoms with Crippen LogP contribution in [-0.2, 0) is 6.42 Å². The van der Waals surface area contributed by atoms with Crippen molar-refractivity contribution in [2.45, 2.75) is 65.8 Å². The fourth-order valence-electron chi connectivity index (χ4n) is 3.42. The molecule has 0 aliphatic heterocycles. The predicted molar refractivity (Wildman–Crippen MR) is 91.0 cm³/mol. The van der Waals surface area contributed by atoms with Crippen LogP contribution < -0.4 is 0 Å². The van der Waals surface area contributed by atoms with Gasteiger partial charge in [-0.15, -0.1) is 0 Å². The molecule has 1 rings (SSSR count). The number of ketones is 1. The molecule has 118 valence electrons. The molecule has 0 atom stereocenters. The maximum Gasteiger partial charge on any atom is 0.183 e. The minimum Gasteiger partial charge on any atom is -0.292 e. The summed E-state index contributed by atoms with van der Waals surface area (Å²) in [4.78, 5) is 15.5. The number of carbonyl (C=O) groups excluding carboxylic acids is 1. The molecule has 0 amide bonds.